The summed E-state index contributed by atoms with van der Waals surface area (Å²) in [5, 5.41) is 0. The van der Waals surface area contributed by atoms with Crippen molar-refractivity contribution < 1.29 is 0 Å². The summed E-state index contributed by atoms with van der Waals surface area (Å²) >= 11 is 3.12. The number of fused-ring (bicyclic) bond motifs is 1. The summed E-state index contributed by atoms with van der Waals surface area (Å²) < 4.78 is 0.406. The summed E-state index contributed by atoms with van der Waals surface area (Å²) in [6.07, 6.45) is 4.29. The molecule has 1 aliphatic carbocycles. The van der Waals surface area contributed by atoms with Gasteiger partial charge in [0.05, 0.1) is 5.69 Å². The number of aromatic nitrogens is 2. The molecule has 12 heavy (non-hydrogen) atoms. The molecule has 0 amide bonds. The van der Waals surface area contributed by atoms with Crippen molar-refractivity contribution in [2.75, 3.05) is 0 Å². The van der Waals surface area contributed by atoms with Crippen LogP contribution in [-0.4, -0.2) is 9.97 Å². The van der Waals surface area contributed by atoms with Gasteiger partial charge in [-0.05, 0) is 41.6 Å². The molecule has 4 heteroatoms. The first-order valence-electron chi connectivity index (χ1n) is 4.05. The average molecular weight is 229 g/mol. The Bertz CT molecular complexity index is 359. The highest BCUT2D eigenvalue weighted by Gasteiger charge is 2.12. The Kier molecular flexibility index (Phi) is 2.00. The van der Waals surface area contributed by atoms with E-state index in [1.54, 1.807) is 0 Å². The molecule has 1 aliphatic rings. The van der Waals surface area contributed by atoms with Crippen LogP contribution in [0.25, 0.3) is 0 Å². The number of halogens is 1. The van der Waals surface area contributed by atoms with Gasteiger partial charge in [-0.25, -0.2) is 4.98 Å². The second-order valence-electron chi connectivity index (χ2n) is 2.99. The van der Waals surface area contributed by atoms with E-state index >= 15 is 0 Å². The molecule has 64 valence electrons. The number of aryl methyl sites for hydroxylation is 2. The minimum absolute atomic E-state index is 0.115. The van der Waals surface area contributed by atoms with E-state index in [4.69, 9.17) is 0 Å². The van der Waals surface area contributed by atoms with E-state index in [2.05, 4.69) is 25.9 Å². The monoisotopic (exact) mass is 228 g/mol. The fraction of sp³-hybridized carbons (Fsp3) is 0.500. The van der Waals surface area contributed by atoms with Crippen LogP contribution in [0.2, 0.25) is 0 Å². The van der Waals surface area contributed by atoms with Gasteiger partial charge in [0.25, 0.3) is 5.56 Å². The highest BCUT2D eigenvalue weighted by atomic mass is 79.9. The van der Waals surface area contributed by atoms with Gasteiger partial charge in [0.15, 0.2) is 4.60 Å². The third-order valence-corrected chi connectivity index (χ3v) is 2.66. The summed E-state index contributed by atoms with van der Waals surface area (Å²) in [5.41, 5.74) is 1.96. The Morgan fingerprint density at radius 3 is 2.92 bits per heavy atom. The van der Waals surface area contributed by atoms with Gasteiger partial charge in [0.2, 0.25) is 0 Å². The zero-order chi connectivity index (χ0) is 8.55. The van der Waals surface area contributed by atoms with Gasteiger partial charge >= 0.3 is 0 Å². The molecule has 0 spiro atoms. The molecule has 0 atom stereocenters. The molecule has 0 bridgehead atoms. The Hall–Kier alpha value is -0.640. The van der Waals surface area contributed by atoms with E-state index in [-0.39, 0.29) is 5.56 Å². The number of aromatic amines is 1. The SMILES string of the molecule is O=c1[nH]c2c(nc1Br)CCCC2. The van der Waals surface area contributed by atoms with Crippen LogP contribution in [0.4, 0.5) is 0 Å². The molecule has 3 nitrogen and oxygen atoms in total. The van der Waals surface area contributed by atoms with Gasteiger partial charge in [0.1, 0.15) is 0 Å². The number of hydrogen-bond acceptors (Lipinski definition) is 2. The van der Waals surface area contributed by atoms with Gasteiger partial charge in [0, 0.05) is 5.69 Å². The van der Waals surface area contributed by atoms with Crippen molar-refractivity contribution in [2.24, 2.45) is 0 Å². The van der Waals surface area contributed by atoms with E-state index < -0.39 is 0 Å². The minimum Gasteiger partial charge on any atom is -0.322 e. The van der Waals surface area contributed by atoms with Crippen molar-refractivity contribution in [1.29, 1.82) is 0 Å². The maximum absolute atomic E-state index is 11.1. The van der Waals surface area contributed by atoms with E-state index in [0.717, 1.165) is 30.7 Å². The standard InChI is InChI=1S/C8H9BrN2O/c9-7-8(12)11-6-4-2-1-3-5(6)10-7/h1-4H2,(H,11,12). The predicted octanol–water partition coefficient (Wildman–Crippen LogP) is 1.41. The summed E-state index contributed by atoms with van der Waals surface area (Å²) in [7, 11) is 0. The maximum Gasteiger partial charge on any atom is 0.281 e. The molecule has 1 N–H and O–H groups in total. The first kappa shape index (κ1) is 7.98. The lowest BCUT2D eigenvalue weighted by molar-refractivity contribution is 0.643. The molecule has 0 aromatic carbocycles. The van der Waals surface area contributed by atoms with Gasteiger partial charge in [-0.2, -0.15) is 0 Å². The fourth-order valence-corrected chi connectivity index (χ4v) is 1.82. The molecular formula is C8H9BrN2O. The normalized spacial score (nSPS) is 15.8. The lowest BCUT2D eigenvalue weighted by Crippen LogP contribution is -2.18. The molecule has 0 fully saturated rings. The molecule has 1 aromatic heterocycles. The molecule has 0 aliphatic heterocycles. The second kappa shape index (κ2) is 3.01. The van der Waals surface area contributed by atoms with Crippen molar-refractivity contribution in [2.45, 2.75) is 25.7 Å². The van der Waals surface area contributed by atoms with Crippen molar-refractivity contribution >= 4 is 15.9 Å². The number of H-pyrrole nitrogens is 1. The Morgan fingerprint density at radius 2 is 2.08 bits per heavy atom. The molecular weight excluding hydrogens is 220 g/mol. The molecule has 1 heterocycles. The predicted molar refractivity (Wildman–Crippen MR) is 49.2 cm³/mol. The molecule has 2 rings (SSSR count). The number of hydrogen-bond donors (Lipinski definition) is 1. The minimum atomic E-state index is -0.115. The largest absolute Gasteiger partial charge is 0.322 e. The number of rotatable bonds is 0. The first-order chi connectivity index (χ1) is 5.77. The Morgan fingerprint density at radius 1 is 1.33 bits per heavy atom. The van der Waals surface area contributed by atoms with Crippen molar-refractivity contribution in [3.8, 4) is 0 Å². The van der Waals surface area contributed by atoms with E-state index in [1.807, 2.05) is 0 Å². The molecule has 1 aromatic rings. The molecule has 0 saturated carbocycles. The average Bonchev–Trinajstić information content (AvgIpc) is 2.07. The Balaban J connectivity index is 2.56. The van der Waals surface area contributed by atoms with Crippen LogP contribution in [0.3, 0.4) is 0 Å². The van der Waals surface area contributed by atoms with Crippen molar-refractivity contribution in [1.82, 2.24) is 9.97 Å². The third-order valence-electron chi connectivity index (χ3n) is 2.12. The molecule has 0 saturated heterocycles. The van der Waals surface area contributed by atoms with Crippen molar-refractivity contribution in [3.63, 3.8) is 0 Å². The van der Waals surface area contributed by atoms with Gasteiger partial charge < -0.3 is 4.98 Å². The maximum atomic E-state index is 11.1. The highest BCUT2D eigenvalue weighted by molar-refractivity contribution is 9.10. The lowest BCUT2D eigenvalue weighted by atomic mass is 10.0. The van der Waals surface area contributed by atoms with Gasteiger partial charge in [-0.3, -0.25) is 4.79 Å². The topological polar surface area (TPSA) is 45.8 Å². The molecule has 0 radical (unpaired) electrons. The highest BCUT2D eigenvalue weighted by Crippen LogP contribution is 2.16. The summed E-state index contributed by atoms with van der Waals surface area (Å²) in [4.78, 5) is 18.1. The van der Waals surface area contributed by atoms with Gasteiger partial charge in [-0.15, -0.1) is 0 Å². The van der Waals surface area contributed by atoms with Crippen LogP contribution in [0.1, 0.15) is 24.2 Å². The van der Waals surface area contributed by atoms with Crippen LogP contribution in [0, 0.1) is 0 Å². The van der Waals surface area contributed by atoms with Crippen LogP contribution < -0.4 is 5.56 Å². The van der Waals surface area contributed by atoms with Crippen LogP contribution in [0.5, 0.6) is 0 Å². The summed E-state index contributed by atoms with van der Waals surface area (Å²) in [6, 6.07) is 0. The van der Waals surface area contributed by atoms with Gasteiger partial charge in [-0.1, -0.05) is 0 Å². The van der Waals surface area contributed by atoms with Crippen LogP contribution in [-0.2, 0) is 12.8 Å². The van der Waals surface area contributed by atoms with E-state index in [9.17, 15) is 4.79 Å². The Labute approximate surface area is 78.4 Å². The second-order valence-corrected chi connectivity index (χ2v) is 3.74. The van der Waals surface area contributed by atoms with E-state index in [1.165, 1.54) is 6.42 Å². The van der Waals surface area contributed by atoms with Crippen LogP contribution in [0.15, 0.2) is 9.40 Å². The fourth-order valence-electron chi connectivity index (χ4n) is 1.51. The number of nitrogens with one attached hydrogen (secondary N) is 1. The zero-order valence-electron chi connectivity index (χ0n) is 6.56. The lowest BCUT2D eigenvalue weighted by Gasteiger charge is -2.13. The first-order valence-corrected chi connectivity index (χ1v) is 4.84. The zero-order valence-corrected chi connectivity index (χ0v) is 8.15. The van der Waals surface area contributed by atoms with Crippen LogP contribution >= 0.6 is 15.9 Å². The molecule has 0 unspecified atom stereocenters. The van der Waals surface area contributed by atoms with Crippen molar-refractivity contribution in [3.05, 3.63) is 26.3 Å². The van der Waals surface area contributed by atoms with E-state index in [0.29, 0.717) is 4.60 Å². The quantitative estimate of drug-likeness (QED) is 0.731. The summed E-state index contributed by atoms with van der Waals surface area (Å²) in [6.45, 7) is 0. The smallest absolute Gasteiger partial charge is 0.281 e. The summed E-state index contributed by atoms with van der Waals surface area (Å²) in [5.74, 6) is 0. The third kappa shape index (κ3) is 1.31. The number of nitrogens with zero attached hydrogens (tertiary/aromatic N) is 1.